The highest BCUT2D eigenvalue weighted by atomic mass is 35.5. The van der Waals surface area contributed by atoms with Crippen molar-refractivity contribution in [3.05, 3.63) is 35.6 Å². The van der Waals surface area contributed by atoms with E-state index >= 15 is 0 Å². The van der Waals surface area contributed by atoms with Gasteiger partial charge in [0.1, 0.15) is 5.82 Å². The van der Waals surface area contributed by atoms with E-state index < -0.39 is 0 Å². The van der Waals surface area contributed by atoms with Crippen molar-refractivity contribution in [1.29, 1.82) is 0 Å². The number of nitrogens with zero attached hydrogens (tertiary/aromatic N) is 2. The number of carbonyl (C=O) groups excluding carboxylic acids is 2. The minimum absolute atomic E-state index is 0. The molecule has 2 aliphatic rings. The van der Waals surface area contributed by atoms with E-state index in [9.17, 15) is 14.0 Å². The van der Waals surface area contributed by atoms with Crippen molar-refractivity contribution in [1.82, 2.24) is 9.80 Å². The molecular weight excluding hydrogens is 345 g/mol. The number of nitrogens with two attached hydrogens (primary N) is 1. The first-order valence-corrected chi connectivity index (χ1v) is 8.58. The maximum atomic E-state index is 13.2. The quantitative estimate of drug-likeness (QED) is 0.881. The fourth-order valence-corrected chi connectivity index (χ4v) is 3.62. The van der Waals surface area contributed by atoms with Gasteiger partial charge in [0.15, 0.2) is 0 Å². The number of hydrogen-bond donors (Lipinski definition) is 1. The molecule has 1 aliphatic carbocycles. The van der Waals surface area contributed by atoms with Crippen molar-refractivity contribution >= 4 is 24.2 Å². The molecule has 0 bridgehead atoms. The lowest BCUT2D eigenvalue weighted by atomic mass is 9.99. The van der Waals surface area contributed by atoms with Crippen molar-refractivity contribution in [3.63, 3.8) is 0 Å². The summed E-state index contributed by atoms with van der Waals surface area (Å²) >= 11 is 0. The normalized spacial score (nSPS) is 23.5. The van der Waals surface area contributed by atoms with Gasteiger partial charge in [-0.2, -0.15) is 0 Å². The third-order valence-corrected chi connectivity index (χ3v) is 5.09. The average Bonchev–Trinajstić information content (AvgIpc) is 2.94. The van der Waals surface area contributed by atoms with Crippen LogP contribution in [-0.2, 0) is 16.1 Å². The maximum Gasteiger partial charge on any atom is 0.242 e. The van der Waals surface area contributed by atoms with E-state index in [1.807, 2.05) is 0 Å². The van der Waals surface area contributed by atoms with Gasteiger partial charge >= 0.3 is 0 Å². The largest absolute Gasteiger partial charge is 0.335 e. The van der Waals surface area contributed by atoms with Gasteiger partial charge in [0.05, 0.1) is 6.54 Å². The summed E-state index contributed by atoms with van der Waals surface area (Å²) in [7, 11) is 0. The lowest BCUT2D eigenvalue weighted by Crippen LogP contribution is -2.52. The van der Waals surface area contributed by atoms with Crippen LogP contribution in [0.5, 0.6) is 0 Å². The molecule has 2 N–H and O–H groups in total. The first-order chi connectivity index (χ1) is 11.5. The summed E-state index contributed by atoms with van der Waals surface area (Å²) < 4.78 is 13.2. The van der Waals surface area contributed by atoms with Gasteiger partial charge in [-0.05, 0) is 36.5 Å². The zero-order valence-electron chi connectivity index (χ0n) is 14.2. The fraction of sp³-hybridized carbons (Fsp3) is 0.556. The van der Waals surface area contributed by atoms with Gasteiger partial charge in [0, 0.05) is 32.1 Å². The van der Waals surface area contributed by atoms with Crippen LogP contribution in [0.25, 0.3) is 0 Å². The van der Waals surface area contributed by atoms with Crippen LogP contribution >= 0.6 is 12.4 Å². The van der Waals surface area contributed by atoms with Crippen LogP contribution in [0.15, 0.2) is 24.3 Å². The molecular formula is C18H25ClFN3O2. The van der Waals surface area contributed by atoms with E-state index in [4.69, 9.17) is 5.73 Å². The van der Waals surface area contributed by atoms with Crippen molar-refractivity contribution in [3.8, 4) is 0 Å². The van der Waals surface area contributed by atoms with Gasteiger partial charge in [-0.15, -0.1) is 12.4 Å². The summed E-state index contributed by atoms with van der Waals surface area (Å²) in [5.74, 6) is -0.120. The van der Waals surface area contributed by atoms with Crippen LogP contribution in [0.2, 0.25) is 0 Å². The summed E-state index contributed by atoms with van der Waals surface area (Å²) in [6, 6.07) is 6.37. The molecule has 0 unspecified atom stereocenters. The Kier molecular flexibility index (Phi) is 6.79. The number of halogens is 2. The summed E-state index contributed by atoms with van der Waals surface area (Å²) in [5, 5.41) is 0. The molecule has 1 heterocycles. The average molecular weight is 370 g/mol. The number of benzene rings is 1. The van der Waals surface area contributed by atoms with Crippen molar-refractivity contribution in [2.45, 2.75) is 38.3 Å². The van der Waals surface area contributed by atoms with Gasteiger partial charge in [-0.25, -0.2) is 4.39 Å². The highest BCUT2D eigenvalue weighted by Crippen LogP contribution is 2.27. The van der Waals surface area contributed by atoms with E-state index in [0.29, 0.717) is 26.1 Å². The minimum atomic E-state index is -0.304. The predicted octanol–water partition coefficient (Wildman–Crippen LogP) is 1.94. The summed E-state index contributed by atoms with van der Waals surface area (Å²) in [5.41, 5.74) is 6.79. The van der Waals surface area contributed by atoms with Crippen molar-refractivity contribution < 1.29 is 14.0 Å². The van der Waals surface area contributed by atoms with Gasteiger partial charge < -0.3 is 15.5 Å². The SMILES string of the molecule is Cl.N[C@@H]1CCC[C@H]1CC(=O)N1CCN(Cc2cccc(F)c2)C(=O)C1. The van der Waals surface area contributed by atoms with E-state index in [1.54, 1.807) is 21.9 Å². The molecule has 5 nitrogen and oxygen atoms in total. The second-order valence-corrected chi connectivity index (χ2v) is 6.82. The molecule has 2 fully saturated rings. The third-order valence-electron chi connectivity index (χ3n) is 5.09. The molecule has 0 spiro atoms. The van der Waals surface area contributed by atoms with Gasteiger partial charge in [-0.3, -0.25) is 9.59 Å². The monoisotopic (exact) mass is 369 g/mol. The van der Waals surface area contributed by atoms with Crippen LogP contribution in [0.1, 0.15) is 31.2 Å². The summed E-state index contributed by atoms with van der Waals surface area (Å²) in [6.07, 6.45) is 3.51. The van der Waals surface area contributed by atoms with Gasteiger partial charge in [-0.1, -0.05) is 18.6 Å². The highest BCUT2D eigenvalue weighted by molar-refractivity contribution is 5.86. The molecule has 1 saturated heterocycles. The number of carbonyl (C=O) groups is 2. The molecule has 1 aromatic rings. The summed E-state index contributed by atoms with van der Waals surface area (Å²) in [6.45, 7) is 1.50. The van der Waals surface area contributed by atoms with Crippen LogP contribution in [0, 0.1) is 11.7 Å². The lowest BCUT2D eigenvalue weighted by molar-refractivity contribution is -0.146. The number of rotatable bonds is 4. The molecule has 1 aromatic carbocycles. The molecule has 25 heavy (non-hydrogen) atoms. The van der Waals surface area contributed by atoms with Crippen molar-refractivity contribution in [2.75, 3.05) is 19.6 Å². The molecule has 1 saturated carbocycles. The lowest BCUT2D eigenvalue weighted by Gasteiger charge is -2.35. The van der Waals surface area contributed by atoms with Crippen LogP contribution in [-0.4, -0.2) is 47.3 Å². The molecule has 3 rings (SSSR count). The summed E-state index contributed by atoms with van der Waals surface area (Å²) in [4.78, 5) is 28.0. The Hall–Kier alpha value is -1.66. The first kappa shape index (κ1) is 19.7. The minimum Gasteiger partial charge on any atom is -0.335 e. The molecule has 1 aliphatic heterocycles. The van der Waals surface area contributed by atoms with Crippen LogP contribution < -0.4 is 5.73 Å². The Labute approximate surface area is 153 Å². The Morgan fingerprint density at radius 1 is 1.28 bits per heavy atom. The molecule has 138 valence electrons. The Bertz CT molecular complexity index is 628. The van der Waals surface area contributed by atoms with Gasteiger partial charge in [0.2, 0.25) is 11.8 Å². The molecule has 2 atom stereocenters. The first-order valence-electron chi connectivity index (χ1n) is 8.58. The number of piperazine rings is 1. The Balaban J connectivity index is 0.00000225. The standard InChI is InChI=1S/C18H24FN3O2.ClH/c19-15-5-1-3-13(9-15)11-21-7-8-22(12-18(21)24)17(23)10-14-4-2-6-16(14)20;/h1,3,5,9,14,16H,2,4,6-8,10-12,20H2;1H/t14-,16+;/m0./s1. The van der Waals surface area contributed by atoms with Crippen molar-refractivity contribution in [2.24, 2.45) is 11.7 Å². The molecule has 2 amide bonds. The number of amides is 2. The maximum absolute atomic E-state index is 13.2. The fourth-order valence-electron chi connectivity index (χ4n) is 3.62. The van der Waals surface area contributed by atoms with E-state index in [1.165, 1.54) is 12.1 Å². The second-order valence-electron chi connectivity index (χ2n) is 6.82. The highest BCUT2D eigenvalue weighted by Gasteiger charge is 2.31. The third kappa shape index (κ3) is 4.92. The van der Waals surface area contributed by atoms with Crippen LogP contribution in [0.3, 0.4) is 0 Å². The van der Waals surface area contributed by atoms with E-state index in [2.05, 4.69) is 0 Å². The van der Waals surface area contributed by atoms with E-state index in [-0.39, 0.29) is 48.5 Å². The van der Waals surface area contributed by atoms with Crippen LogP contribution in [0.4, 0.5) is 4.39 Å². The Morgan fingerprint density at radius 2 is 2.08 bits per heavy atom. The van der Waals surface area contributed by atoms with Gasteiger partial charge in [0.25, 0.3) is 0 Å². The molecule has 0 aromatic heterocycles. The second kappa shape index (κ2) is 8.63. The molecule has 0 radical (unpaired) electrons. The molecule has 7 heteroatoms. The topological polar surface area (TPSA) is 66.6 Å². The van der Waals surface area contributed by atoms with E-state index in [0.717, 1.165) is 24.8 Å². The number of hydrogen-bond acceptors (Lipinski definition) is 3. The predicted molar refractivity (Wildman–Crippen MR) is 95.6 cm³/mol. The zero-order chi connectivity index (χ0) is 17.1. The zero-order valence-corrected chi connectivity index (χ0v) is 15.0. The smallest absolute Gasteiger partial charge is 0.242 e. The Morgan fingerprint density at radius 3 is 2.72 bits per heavy atom.